The Morgan fingerprint density at radius 3 is 2.57 bits per heavy atom. The number of ketones is 2. The molecule has 1 amide bonds. The second-order valence-corrected chi connectivity index (χ2v) is 8.04. The lowest BCUT2D eigenvalue weighted by Crippen LogP contribution is -2.33. The second-order valence-electron chi connectivity index (χ2n) is 8.04. The molecule has 2 bridgehead atoms. The van der Waals surface area contributed by atoms with Crippen molar-refractivity contribution in [3.8, 4) is 0 Å². The van der Waals surface area contributed by atoms with Crippen LogP contribution >= 0.6 is 0 Å². The van der Waals surface area contributed by atoms with Crippen molar-refractivity contribution in [3.05, 3.63) is 29.3 Å². The molecule has 0 aromatic heterocycles. The van der Waals surface area contributed by atoms with Crippen molar-refractivity contribution in [3.63, 3.8) is 0 Å². The molecule has 1 aromatic rings. The molecule has 2 fully saturated rings. The van der Waals surface area contributed by atoms with Gasteiger partial charge in [0.15, 0.2) is 0 Å². The number of benzene rings is 1. The van der Waals surface area contributed by atoms with Gasteiger partial charge in [0.25, 0.3) is 11.7 Å². The van der Waals surface area contributed by atoms with E-state index in [1.165, 1.54) is 0 Å². The molecule has 1 aromatic carbocycles. The van der Waals surface area contributed by atoms with E-state index in [4.69, 9.17) is 0 Å². The molecule has 4 heteroatoms. The number of anilines is 1. The lowest BCUT2D eigenvalue weighted by Gasteiger charge is -2.32. The summed E-state index contributed by atoms with van der Waals surface area (Å²) < 4.78 is 0. The topological polar surface area (TPSA) is 63.2 Å². The van der Waals surface area contributed by atoms with Crippen molar-refractivity contribution in [1.82, 2.24) is 0 Å². The van der Waals surface area contributed by atoms with Gasteiger partial charge in [-0.25, -0.2) is 0 Å². The van der Waals surface area contributed by atoms with E-state index in [1.807, 2.05) is 6.07 Å². The standard InChI is InChI=1S/C19H21NO3/c1-18(2)13-6-7-19(18,3)16(22)11(13)8-10-4-5-14-12(9-10)15(21)17(23)20-14/h4-5,9,11,13H,6-8H2,1-3H3,(H,20,21,23). The Kier molecular flexibility index (Phi) is 2.74. The highest BCUT2D eigenvalue weighted by atomic mass is 16.2. The molecule has 3 aliphatic rings. The molecular formula is C19H21NO3. The third kappa shape index (κ3) is 1.69. The number of carbonyl (C=O) groups is 3. The Bertz CT molecular complexity index is 764. The van der Waals surface area contributed by atoms with Gasteiger partial charge in [0, 0.05) is 11.3 Å². The van der Waals surface area contributed by atoms with Crippen LogP contribution in [0, 0.1) is 22.7 Å². The zero-order chi connectivity index (χ0) is 16.6. The van der Waals surface area contributed by atoms with Crippen LogP contribution in [0.25, 0.3) is 0 Å². The summed E-state index contributed by atoms with van der Waals surface area (Å²) in [7, 11) is 0. The quantitative estimate of drug-likeness (QED) is 0.854. The molecule has 1 N–H and O–H groups in total. The van der Waals surface area contributed by atoms with E-state index < -0.39 is 11.7 Å². The average molecular weight is 311 g/mol. The summed E-state index contributed by atoms with van der Waals surface area (Å²) in [5.41, 5.74) is 1.81. The maximum atomic E-state index is 12.9. The van der Waals surface area contributed by atoms with Crippen molar-refractivity contribution in [2.45, 2.75) is 40.0 Å². The van der Waals surface area contributed by atoms with Gasteiger partial charge in [0.1, 0.15) is 5.78 Å². The molecule has 1 aliphatic heterocycles. The Balaban J connectivity index is 1.65. The molecule has 120 valence electrons. The lowest BCUT2D eigenvalue weighted by molar-refractivity contribution is -0.131. The molecule has 2 aliphatic carbocycles. The van der Waals surface area contributed by atoms with Gasteiger partial charge in [-0.2, -0.15) is 0 Å². The highest BCUT2D eigenvalue weighted by molar-refractivity contribution is 6.51. The summed E-state index contributed by atoms with van der Waals surface area (Å²) in [6, 6.07) is 5.48. The van der Waals surface area contributed by atoms with Crippen LogP contribution in [0.5, 0.6) is 0 Å². The Morgan fingerprint density at radius 1 is 1.17 bits per heavy atom. The third-order valence-corrected chi connectivity index (χ3v) is 6.91. The number of rotatable bonds is 2. The van der Waals surface area contributed by atoms with Crippen LogP contribution in [-0.4, -0.2) is 17.5 Å². The van der Waals surface area contributed by atoms with Crippen LogP contribution < -0.4 is 5.32 Å². The summed E-state index contributed by atoms with van der Waals surface area (Å²) in [5.74, 6) is -0.235. The van der Waals surface area contributed by atoms with Crippen LogP contribution in [0.4, 0.5) is 5.69 Å². The van der Waals surface area contributed by atoms with Crippen LogP contribution in [0.15, 0.2) is 18.2 Å². The predicted octanol–water partition coefficient (Wildman–Crippen LogP) is 3.01. The van der Waals surface area contributed by atoms with E-state index in [2.05, 4.69) is 26.1 Å². The molecule has 3 atom stereocenters. The van der Waals surface area contributed by atoms with Crippen LogP contribution in [0.2, 0.25) is 0 Å². The molecular weight excluding hydrogens is 290 g/mol. The van der Waals surface area contributed by atoms with Gasteiger partial charge in [-0.1, -0.05) is 26.8 Å². The van der Waals surface area contributed by atoms with E-state index in [-0.39, 0.29) is 16.7 Å². The van der Waals surface area contributed by atoms with Crippen molar-refractivity contribution in [2.24, 2.45) is 22.7 Å². The molecule has 0 spiro atoms. The minimum absolute atomic E-state index is 0.0296. The summed E-state index contributed by atoms with van der Waals surface area (Å²) >= 11 is 0. The van der Waals surface area contributed by atoms with Crippen LogP contribution in [0.1, 0.15) is 49.5 Å². The third-order valence-electron chi connectivity index (χ3n) is 6.91. The molecule has 4 rings (SSSR count). The maximum absolute atomic E-state index is 12.9. The van der Waals surface area contributed by atoms with Gasteiger partial charge in [0.2, 0.25) is 0 Å². The van der Waals surface area contributed by atoms with E-state index in [0.717, 1.165) is 18.4 Å². The number of carbonyl (C=O) groups excluding carboxylic acids is 3. The van der Waals surface area contributed by atoms with E-state index in [1.54, 1.807) is 12.1 Å². The normalized spacial score (nSPS) is 34.0. The van der Waals surface area contributed by atoms with E-state index in [9.17, 15) is 14.4 Å². The number of amides is 1. The van der Waals surface area contributed by atoms with Crippen molar-refractivity contribution in [2.75, 3.05) is 5.32 Å². The summed E-state index contributed by atoms with van der Waals surface area (Å²) in [6.07, 6.45) is 2.75. The summed E-state index contributed by atoms with van der Waals surface area (Å²) in [6.45, 7) is 6.55. The van der Waals surface area contributed by atoms with Gasteiger partial charge >= 0.3 is 0 Å². The van der Waals surface area contributed by atoms with Crippen molar-refractivity contribution in [1.29, 1.82) is 0 Å². The second kappa shape index (κ2) is 4.31. The Morgan fingerprint density at radius 2 is 1.91 bits per heavy atom. The van der Waals surface area contributed by atoms with Crippen molar-refractivity contribution >= 4 is 23.2 Å². The van der Waals surface area contributed by atoms with Gasteiger partial charge in [-0.05, 0) is 48.3 Å². The largest absolute Gasteiger partial charge is 0.318 e. The average Bonchev–Trinajstić information content (AvgIpc) is 2.96. The first kappa shape index (κ1) is 14.6. The fourth-order valence-electron chi connectivity index (χ4n) is 5.08. The monoisotopic (exact) mass is 311 g/mol. The maximum Gasteiger partial charge on any atom is 0.296 e. The Labute approximate surface area is 135 Å². The molecule has 1 heterocycles. The minimum atomic E-state index is -0.568. The lowest BCUT2D eigenvalue weighted by atomic mass is 9.70. The zero-order valence-corrected chi connectivity index (χ0v) is 13.7. The first-order valence-electron chi connectivity index (χ1n) is 8.28. The number of fused-ring (bicyclic) bond motifs is 3. The first-order valence-corrected chi connectivity index (χ1v) is 8.28. The van der Waals surface area contributed by atoms with Gasteiger partial charge in [-0.15, -0.1) is 0 Å². The van der Waals surface area contributed by atoms with Gasteiger partial charge in [-0.3, -0.25) is 14.4 Å². The number of hydrogen-bond donors (Lipinski definition) is 1. The highest BCUT2D eigenvalue weighted by Gasteiger charge is 2.65. The van der Waals surface area contributed by atoms with Crippen LogP contribution in [0.3, 0.4) is 0 Å². The fourth-order valence-corrected chi connectivity index (χ4v) is 5.08. The summed E-state index contributed by atoms with van der Waals surface area (Å²) in [5, 5.41) is 2.57. The van der Waals surface area contributed by atoms with Gasteiger partial charge < -0.3 is 5.32 Å². The molecule has 23 heavy (non-hydrogen) atoms. The predicted molar refractivity (Wildman–Crippen MR) is 86.2 cm³/mol. The number of Topliss-reactive ketones (excluding diaryl/α,β-unsaturated/α-hetero) is 2. The van der Waals surface area contributed by atoms with E-state index in [0.29, 0.717) is 29.4 Å². The van der Waals surface area contributed by atoms with Gasteiger partial charge in [0.05, 0.1) is 11.3 Å². The van der Waals surface area contributed by atoms with Crippen LogP contribution in [-0.2, 0) is 16.0 Å². The molecule has 4 nitrogen and oxygen atoms in total. The molecule has 2 saturated carbocycles. The summed E-state index contributed by atoms with van der Waals surface area (Å²) in [4.78, 5) is 36.2. The molecule has 0 saturated heterocycles. The smallest absolute Gasteiger partial charge is 0.296 e. The SMILES string of the molecule is CC12CCC(C(Cc3ccc4c(c3)C(=O)C(=O)N4)C1=O)C2(C)C. The zero-order valence-electron chi connectivity index (χ0n) is 13.7. The number of hydrogen-bond acceptors (Lipinski definition) is 3. The number of nitrogens with one attached hydrogen (secondary N) is 1. The fraction of sp³-hybridized carbons (Fsp3) is 0.526. The first-order chi connectivity index (χ1) is 10.8. The minimum Gasteiger partial charge on any atom is -0.318 e. The molecule has 0 radical (unpaired) electrons. The molecule has 3 unspecified atom stereocenters. The van der Waals surface area contributed by atoms with Crippen molar-refractivity contribution < 1.29 is 14.4 Å². The Hall–Kier alpha value is -1.97. The highest BCUT2D eigenvalue weighted by Crippen LogP contribution is 2.66. The van der Waals surface area contributed by atoms with E-state index >= 15 is 0 Å².